The number of hydrogen-bond donors (Lipinski definition) is 2. The lowest BCUT2D eigenvalue weighted by Gasteiger charge is -2.11. The van der Waals surface area contributed by atoms with E-state index >= 15 is 0 Å². The Labute approximate surface area is 121 Å². The number of aryl methyl sites for hydroxylation is 1. The second-order valence-electron chi connectivity index (χ2n) is 4.94. The first-order valence-corrected chi connectivity index (χ1v) is 6.75. The molecule has 2 aromatic rings. The van der Waals surface area contributed by atoms with Gasteiger partial charge in [-0.25, -0.2) is 0 Å². The summed E-state index contributed by atoms with van der Waals surface area (Å²) in [4.78, 5) is 16.2. The van der Waals surface area contributed by atoms with Crippen molar-refractivity contribution >= 4 is 17.3 Å². The van der Waals surface area contributed by atoms with E-state index in [-0.39, 0.29) is 11.7 Å². The molecule has 21 heavy (non-hydrogen) atoms. The summed E-state index contributed by atoms with van der Waals surface area (Å²) in [6.45, 7) is 1.81. The average molecular weight is 285 g/mol. The summed E-state index contributed by atoms with van der Waals surface area (Å²) < 4.78 is 5.68. The topological polar surface area (TPSA) is 87.7 Å². The number of carbonyl (C=O) groups is 1. The maximum atomic E-state index is 12.3. The number of furan rings is 1. The SMILES string of the molecule is Cc1c(C(=O)Nc2ccncc2)oc2c1/C(=N/O)CCC2. The Morgan fingerprint density at radius 1 is 1.38 bits per heavy atom. The zero-order chi connectivity index (χ0) is 14.8. The number of carbonyl (C=O) groups excluding carboxylic acids is 1. The molecule has 0 radical (unpaired) electrons. The zero-order valence-corrected chi connectivity index (χ0v) is 11.6. The van der Waals surface area contributed by atoms with E-state index in [0.29, 0.717) is 29.1 Å². The normalized spacial score (nSPS) is 15.8. The maximum absolute atomic E-state index is 12.3. The first kappa shape index (κ1) is 13.4. The number of anilines is 1. The molecule has 0 saturated carbocycles. The predicted octanol–water partition coefficient (Wildman–Crippen LogP) is 2.75. The average Bonchev–Trinajstić information content (AvgIpc) is 2.86. The zero-order valence-electron chi connectivity index (χ0n) is 11.6. The van der Waals surface area contributed by atoms with Crippen LogP contribution in [0.1, 0.15) is 40.3 Å². The van der Waals surface area contributed by atoms with Crippen LogP contribution in [0.3, 0.4) is 0 Å². The van der Waals surface area contributed by atoms with Crippen molar-refractivity contribution in [2.75, 3.05) is 5.32 Å². The van der Waals surface area contributed by atoms with Crippen molar-refractivity contribution in [3.05, 3.63) is 47.2 Å². The molecule has 0 unspecified atom stereocenters. The van der Waals surface area contributed by atoms with Crippen LogP contribution in [0.5, 0.6) is 0 Å². The highest BCUT2D eigenvalue weighted by Crippen LogP contribution is 2.30. The smallest absolute Gasteiger partial charge is 0.291 e. The van der Waals surface area contributed by atoms with Gasteiger partial charge in [0.25, 0.3) is 5.91 Å². The Hall–Kier alpha value is -2.63. The summed E-state index contributed by atoms with van der Waals surface area (Å²) in [5, 5.41) is 15.2. The van der Waals surface area contributed by atoms with Gasteiger partial charge in [-0.15, -0.1) is 0 Å². The van der Waals surface area contributed by atoms with E-state index in [1.165, 1.54) is 0 Å². The Morgan fingerprint density at radius 2 is 2.14 bits per heavy atom. The fraction of sp³-hybridized carbons (Fsp3) is 0.267. The fourth-order valence-corrected chi connectivity index (χ4v) is 2.61. The molecule has 0 atom stereocenters. The molecule has 0 aliphatic heterocycles. The number of aromatic nitrogens is 1. The largest absolute Gasteiger partial charge is 0.455 e. The van der Waals surface area contributed by atoms with E-state index in [4.69, 9.17) is 9.62 Å². The summed E-state index contributed by atoms with van der Waals surface area (Å²) in [5.41, 5.74) is 2.72. The van der Waals surface area contributed by atoms with Crippen LogP contribution in [0.2, 0.25) is 0 Å². The molecule has 6 nitrogen and oxygen atoms in total. The number of nitrogens with zero attached hydrogens (tertiary/aromatic N) is 2. The van der Waals surface area contributed by atoms with Gasteiger partial charge in [-0.3, -0.25) is 9.78 Å². The minimum atomic E-state index is -0.314. The van der Waals surface area contributed by atoms with E-state index in [0.717, 1.165) is 18.4 Å². The molecular weight excluding hydrogens is 270 g/mol. The molecule has 2 N–H and O–H groups in total. The number of hydrogen-bond acceptors (Lipinski definition) is 5. The van der Waals surface area contributed by atoms with Gasteiger partial charge in [0.2, 0.25) is 0 Å². The van der Waals surface area contributed by atoms with Crippen LogP contribution < -0.4 is 5.32 Å². The third kappa shape index (κ3) is 2.40. The summed E-state index contributed by atoms with van der Waals surface area (Å²) in [7, 11) is 0. The first-order valence-electron chi connectivity index (χ1n) is 6.75. The van der Waals surface area contributed by atoms with Crippen molar-refractivity contribution in [3.63, 3.8) is 0 Å². The molecular formula is C15H15N3O3. The van der Waals surface area contributed by atoms with E-state index in [2.05, 4.69) is 15.5 Å². The van der Waals surface area contributed by atoms with Gasteiger partial charge < -0.3 is 14.9 Å². The standard InChI is InChI=1S/C15H15N3O3/c1-9-13-11(18-20)3-2-4-12(13)21-14(9)15(19)17-10-5-7-16-8-6-10/h5-8,20H,2-4H2,1H3,(H,16,17,19)/b18-11+. The van der Waals surface area contributed by atoms with Gasteiger partial charge in [0.15, 0.2) is 5.76 Å². The van der Waals surface area contributed by atoms with Crippen LogP contribution in [-0.2, 0) is 6.42 Å². The van der Waals surface area contributed by atoms with Crippen LogP contribution in [0.15, 0.2) is 34.1 Å². The Kier molecular flexibility index (Phi) is 3.43. The quantitative estimate of drug-likeness (QED) is 0.656. The molecule has 1 amide bonds. The predicted molar refractivity (Wildman–Crippen MR) is 76.9 cm³/mol. The molecule has 3 rings (SSSR count). The maximum Gasteiger partial charge on any atom is 0.291 e. The van der Waals surface area contributed by atoms with Crippen molar-refractivity contribution in [2.45, 2.75) is 26.2 Å². The van der Waals surface area contributed by atoms with Crippen molar-refractivity contribution in [3.8, 4) is 0 Å². The van der Waals surface area contributed by atoms with E-state index < -0.39 is 0 Å². The lowest BCUT2D eigenvalue weighted by molar-refractivity contribution is 0.0994. The van der Waals surface area contributed by atoms with Crippen molar-refractivity contribution in [1.29, 1.82) is 0 Å². The lowest BCUT2D eigenvalue weighted by atomic mass is 9.93. The number of nitrogens with one attached hydrogen (secondary N) is 1. The summed E-state index contributed by atoms with van der Waals surface area (Å²) in [6.07, 6.45) is 5.50. The van der Waals surface area contributed by atoms with Crippen LogP contribution in [-0.4, -0.2) is 21.8 Å². The molecule has 0 bridgehead atoms. The molecule has 0 fully saturated rings. The van der Waals surface area contributed by atoms with E-state index in [1.807, 2.05) is 0 Å². The Balaban J connectivity index is 1.93. The van der Waals surface area contributed by atoms with Gasteiger partial charge in [-0.05, 0) is 31.9 Å². The van der Waals surface area contributed by atoms with E-state index in [9.17, 15) is 4.79 Å². The highest BCUT2D eigenvalue weighted by atomic mass is 16.4. The molecule has 1 aliphatic rings. The highest BCUT2D eigenvalue weighted by Gasteiger charge is 2.28. The summed E-state index contributed by atoms with van der Waals surface area (Å²) in [5.74, 6) is 0.664. The van der Waals surface area contributed by atoms with E-state index in [1.54, 1.807) is 31.5 Å². The first-order chi connectivity index (χ1) is 10.2. The van der Waals surface area contributed by atoms with Gasteiger partial charge in [-0.2, -0.15) is 0 Å². The minimum absolute atomic E-state index is 0.264. The minimum Gasteiger partial charge on any atom is -0.455 e. The molecule has 108 valence electrons. The molecule has 6 heteroatoms. The van der Waals surface area contributed by atoms with Crippen LogP contribution >= 0.6 is 0 Å². The number of fused-ring (bicyclic) bond motifs is 1. The van der Waals surface area contributed by atoms with Gasteiger partial charge in [-0.1, -0.05) is 5.16 Å². The van der Waals surface area contributed by atoms with Crippen molar-refractivity contribution in [1.82, 2.24) is 4.98 Å². The third-order valence-electron chi connectivity index (χ3n) is 3.59. The van der Waals surface area contributed by atoms with Gasteiger partial charge in [0, 0.05) is 35.6 Å². The Morgan fingerprint density at radius 3 is 2.86 bits per heavy atom. The monoisotopic (exact) mass is 285 g/mol. The summed E-state index contributed by atoms with van der Waals surface area (Å²) in [6, 6.07) is 3.41. The molecule has 0 spiro atoms. The number of pyridine rings is 1. The summed E-state index contributed by atoms with van der Waals surface area (Å²) >= 11 is 0. The van der Waals surface area contributed by atoms with Gasteiger partial charge in [0.1, 0.15) is 5.76 Å². The molecule has 2 heterocycles. The van der Waals surface area contributed by atoms with Crippen LogP contribution in [0.25, 0.3) is 0 Å². The third-order valence-corrected chi connectivity index (χ3v) is 3.59. The van der Waals surface area contributed by atoms with Gasteiger partial charge >= 0.3 is 0 Å². The number of oxime groups is 1. The van der Waals surface area contributed by atoms with Crippen LogP contribution in [0, 0.1) is 6.92 Å². The molecule has 0 saturated heterocycles. The molecule has 0 aromatic carbocycles. The highest BCUT2D eigenvalue weighted by molar-refractivity contribution is 6.08. The molecule has 1 aliphatic carbocycles. The number of rotatable bonds is 2. The lowest BCUT2D eigenvalue weighted by Crippen LogP contribution is -2.13. The Bertz CT molecular complexity index is 704. The van der Waals surface area contributed by atoms with Crippen molar-refractivity contribution in [2.24, 2.45) is 5.16 Å². The second-order valence-corrected chi connectivity index (χ2v) is 4.94. The number of amides is 1. The fourth-order valence-electron chi connectivity index (χ4n) is 2.61. The second kappa shape index (κ2) is 5.40. The van der Waals surface area contributed by atoms with Gasteiger partial charge in [0.05, 0.1) is 5.71 Å². The van der Waals surface area contributed by atoms with Crippen LogP contribution in [0.4, 0.5) is 5.69 Å². The molecule has 2 aromatic heterocycles. The van der Waals surface area contributed by atoms with Crippen molar-refractivity contribution < 1.29 is 14.4 Å².